The Morgan fingerprint density at radius 2 is 2.40 bits per heavy atom. The standard InChI is InChI=1S/C13H24BrN5O/c1-9-6-10(8-20-9)12(17-15)13-11(14)7-16-19(13)5-4-18(2)3/h7,9-10,12,17H,4-6,8,15H2,1-3H3. The maximum absolute atomic E-state index is 5.81. The van der Waals surface area contributed by atoms with Crippen molar-refractivity contribution in [3.05, 3.63) is 16.4 Å². The monoisotopic (exact) mass is 345 g/mol. The molecule has 2 rings (SSSR count). The van der Waals surface area contributed by atoms with E-state index >= 15 is 0 Å². The Morgan fingerprint density at radius 3 is 2.95 bits per heavy atom. The van der Waals surface area contributed by atoms with Crippen molar-refractivity contribution in [1.29, 1.82) is 0 Å². The van der Waals surface area contributed by atoms with Crippen molar-refractivity contribution in [2.24, 2.45) is 11.8 Å². The van der Waals surface area contributed by atoms with Crippen molar-refractivity contribution in [1.82, 2.24) is 20.1 Å². The molecule has 0 spiro atoms. The van der Waals surface area contributed by atoms with Gasteiger partial charge < -0.3 is 9.64 Å². The summed E-state index contributed by atoms with van der Waals surface area (Å²) >= 11 is 3.59. The van der Waals surface area contributed by atoms with E-state index in [0.29, 0.717) is 12.0 Å². The van der Waals surface area contributed by atoms with E-state index in [1.54, 1.807) is 0 Å². The first kappa shape index (κ1) is 15.9. The molecule has 0 amide bonds. The van der Waals surface area contributed by atoms with Gasteiger partial charge in [0.2, 0.25) is 0 Å². The molecule has 3 unspecified atom stereocenters. The summed E-state index contributed by atoms with van der Waals surface area (Å²) in [6.07, 6.45) is 3.15. The number of hydrazine groups is 1. The maximum atomic E-state index is 5.81. The predicted octanol–water partition coefficient (Wildman–Crippen LogP) is 1.14. The van der Waals surface area contributed by atoms with Gasteiger partial charge in [0.05, 0.1) is 41.7 Å². The van der Waals surface area contributed by atoms with Crippen molar-refractivity contribution in [3.63, 3.8) is 0 Å². The van der Waals surface area contributed by atoms with E-state index in [9.17, 15) is 0 Å². The molecule has 0 saturated carbocycles. The molecule has 0 aromatic carbocycles. The quantitative estimate of drug-likeness (QED) is 0.597. The minimum absolute atomic E-state index is 0.0546. The van der Waals surface area contributed by atoms with Gasteiger partial charge in [-0.2, -0.15) is 5.10 Å². The Morgan fingerprint density at radius 1 is 1.65 bits per heavy atom. The number of aromatic nitrogens is 2. The third kappa shape index (κ3) is 3.59. The minimum Gasteiger partial charge on any atom is -0.378 e. The zero-order valence-electron chi connectivity index (χ0n) is 12.3. The highest BCUT2D eigenvalue weighted by atomic mass is 79.9. The summed E-state index contributed by atoms with van der Waals surface area (Å²) in [7, 11) is 4.12. The molecular weight excluding hydrogens is 322 g/mol. The summed E-state index contributed by atoms with van der Waals surface area (Å²) in [5, 5.41) is 4.45. The van der Waals surface area contributed by atoms with Gasteiger partial charge in [-0.3, -0.25) is 16.0 Å². The van der Waals surface area contributed by atoms with E-state index in [0.717, 1.165) is 36.3 Å². The molecule has 2 heterocycles. The van der Waals surface area contributed by atoms with Crippen LogP contribution in [0.2, 0.25) is 0 Å². The van der Waals surface area contributed by atoms with Crippen LogP contribution < -0.4 is 11.3 Å². The third-order valence-electron chi connectivity index (χ3n) is 3.77. The highest BCUT2D eigenvalue weighted by Gasteiger charge is 2.33. The van der Waals surface area contributed by atoms with Gasteiger partial charge in [-0.25, -0.2) is 0 Å². The maximum Gasteiger partial charge on any atom is 0.0713 e. The van der Waals surface area contributed by atoms with Gasteiger partial charge in [0.25, 0.3) is 0 Å². The smallest absolute Gasteiger partial charge is 0.0713 e. The van der Waals surface area contributed by atoms with E-state index < -0.39 is 0 Å². The lowest BCUT2D eigenvalue weighted by molar-refractivity contribution is 0.116. The lowest BCUT2D eigenvalue weighted by atomic mass is 9.95. The van der Waals surface area contributed by atoms with Crippen molar-refractivity contribution < 1.29 is 4.74 Å². The zero-order chi connectivity index (χ0) is 14.7. The Balaban J connectivity index is 2.18. The molecule has 114 valence electrons. The Labute approximate surface area is 128 Å². The average Bonchev–Trinajstić information content (AvgIpc) is 2.97. The number of rotatable bonds is 6. The van der Waals surface area contributed by atoms with E-state index in [-0.39, 0.29) is 6.04 Å². The molecule has 0 aliphatic carbocycles. The van der Waals surface area contributed by atoms with E-state index in [4.69, 9.17) is 10.6 Å². The van der Waals surface area contributed by atoms with Crippen molar-refractivity contribution in [2.45, 2.75) is 32.0 Å². The fourth-order valence-electron chi connectivity index (χ4n) is 2.67. The van der Waals surface area contributed by atoms with Crippen LogP contribution >= 0.6 is 15.9 Å². The number of nitrogens with one attached hydrogen (secondary N) is 1. The minimum atomic E-state index is 0.0546. The van der Waals surface area contributed by atoms with Crippen molar-refractivity contribution >= 4 is 15.9 Å². The van der Waals surface area contributed by atoms with Crippen LogP contribution in [0.5, 0.6) is 0 Å². The summed E-state index contributed by atoms with van der Waals surface area (Å²) < 4.78 is 8.70. The number of hydrogen-bond donors (Lipinski definition) is 2. The molecule has 7 heteroatoms. The normalized spacial score (nSPS) is 24.5. The summed E-state index contributed by atoms with van der Waals surface area (Å²) in [6.45, 7) is 4.62. The molecule has 1 aliphatic rings. The summed E-state index contributed by atoms with van der Waals surface area (Å²) in [5.74, 6) is 6.18. The number of hydrogen-bond acceptors (Lipinski definition) is 5. The van der Waals surface area contributed by atoms with Crippen LogP contribution in [-0.4, -0.2) is 48.0 Å². The Bertz CT molecular complexity index is 436. The molecule has 1 aliphatic heterocycles. The fourth-order valence-corrected chi connectivity index (χ4v) is 3.22. The molecule has 1 aromatic heterocycles. The molecular formula is C13H24BrN5O. The molecule has 1 fully saturated rings. The van der Waals surface area contributed by atoms with Gasteiger partial charge >= 0.3 is 0 Å². The summed E-state index contributed by atoms with van der Waals surface area (Å²) in [4.78, 5) is 2.14. The number of likely N-dealkylation sites (N-methyl/N-ethyl adjacent to an activating group) is 1. The second kappa shape index (κ2) is 7.00. The molecule has 3 atom stereocenters. The topological polar surface area (TPSA) is 68.3 Å². The van der Waals surface area contributed by atoms with Crippen LogP contribution in [0.25, 0.3) is 0 Å². The van der Waals surface area contributed by atoms with Crippen LogP contribution in [0, 0.1) is 5.92 Å². The molecule has 1 saturated heterocycles. The third-order valence-corrected chi connectivity index (χ3v) is 4.38. The molecule has 3 N–H and O–H groups in total. The molecule has 6 nitrogen and oxygen atoms in total. The first-order chi connectivity index (χ1) is 9.52. The second-order valence-corrected chi connectivity index (χ2v) is 6.54. The van der Waals surface area contributed by atoms with Gasteiger partial charge in [-0.05, 0) is 43.4 Å². The average molecular weight is 346 g/mol. The molecule has 20 heavy (non-hydrogen) atoms. The van der Waals surface area contributed by atoms with Crippen LogP contribution in [0.1, 0.15) is 25.1 Å². The number of ether oxygens (including phenoxy) is 1. The first-order valence-electron chi connectivity index (χ1n) is 6.96. The van der Waals surface area contributed by atoms with Crippen LogP contribution in [0.4, 0.5) is 0 Å². The van der Waals surface area contributed by atoms with E-state index in [2.05, 4.69) is 52.4 Å². The SMILES string of the molecule is CC1CC(C(NN)c2c(Br)cnn2CCN(C)C)CO1. The van der Waals surface area contributed by atoms with Crippen molar-refractivity contribution in [2.75, 3.05) is 27.2 Å². The first-order valence-corrected chi connectivity index (χ1v) is 7.76. The fraction of sp³-hybridized carbons (Fsp3) is 0.769. The van der Waals surface area contributed by atoms with Crippen LogP contribution in [-0.2, 0) is 11.3 Å². The van der Waals surface area contributed by atoms with Gasteiger partial charge in [-0.1, -0.05) is 0 Å². The zero-order valence-corrected chi connectivity index (χ0v) is 13.9. The van der Waals surface area contributed by atoms with Gasteiger partial charge in [0.1, 0.15) is 0 Å². The van der Waals surface area contributed by atoms with Gasteiger partial charge in [0.15, 0.2) is 0 Å². The van der Waals surface area contributed by atoms with Crippen LogP contribution in [0.3, 0.4) is 0 Å². The number of nitrogens with two attached hydrogens (primary N) is 1. The van der Waals surface area contributed by atoms with Gasteiger partial charge in [0, 0.05) is 12.5 Å². The number of halogens is 1. The largest absolute Gasteiger partial charge is 0.378 e. The number of nitrogens with zero attached hydrogens (tertiary/aromatic N) is 3. The van der Waals surface area contributed by atoms with Crippen LogP contribution in [0.15, 0.2) is 10.7 Å². The molecule has 1 aromatic rings. The Hall–Kier alpha value is -0.470. The second-order valence-electron chi connectivity index (χ2n) is 5.69. The molecule has 0 bridgehead atoms. The van der Waals surface area contributed by atoms with E-state index in [1.165, 1.54) is 0 Å². The Kier molecular flexibility index (Phi) is 5.57. The van der Waals surface area contributed by atoms with E-state index in [1.807, 2.05) is 10.9 Å². The highest BCUT2D eigenvalue weighted by Crippen LogP contribution is 2.34. The molecule has 0 radical (unpaired) electrons. The summed E-state index contributed by atoms with van der Waals surface area (Å²) in [6, 6.07) is 0.0546. The highest BCUT2D eigenvalue weighted by molar-refractivity contribution is 9.10. The predicted molar refractivity (Wildman–Crippen MR) is 82.1 cm³/mol. The summed E-state index contributed by atoms with van der Waals surface area (Å²) in [5.41, 5.74) is 4.06. The lowest BCUT2D eigenvalue weighted by Crippen LogP contribution is -2.36. The lowest BCUT2D eigenvalue weighted by Gasteiger charge is -2.24. The van der Waals surface area contributed by atoms with Crippen molar-refractivity contribution in [3.8, 4) is 0 Å². The van der Waals surface area contributed by atoms with Gasteiger partial charge in [-0.15, -0.1) is 0 Å².